The highest BCUT2D eigenvalue weighted by Crippen LogP contribution is 2.38. The van der Waals surface area contributed by atoms with Crippen molar-refractivity contribution in [2.24, 2.45) is 0 Å². The summed E-state index contributed by atoms with van der Waals surface area (Å²) >= 11 is 1.95. The number of nitrogens with zero attached hydrogens (tertiary/aromatic N) is 3. The highest BCUT2D eigenvalue weighted by atomic mass is 32.2. The van der Waals surface area contributed by atoms with Crippen LogP contribution >= 0.6 is 11.9 Å². The number of imidazole rings is 1. The molecule has 0 bridgehead atoms. The summed E-state index contributed by atoms with van der Waals surface area (Å²) in [4.78, 5) is 4.92. The lowest BCUT2D eigenvalue weighted by Crippen LogP contribution is -2.18. The molecule has 1 aliphatic carbocycles. The summed E-state index contributed by atoms with van der Waals surface area (Å²) in [5.41, 5.74) is 3.68. The van der Waals surface area contributed by atoms with E-state index in [1.54, 1.807) is 0 Å². The Morgan fingerprint density at radius 3 is 2.62 bits per heavy atom. The normalized spacial score (nSPS) is 15.7. The number of rotatable bonds is 4. The van der Waals surface area contributed by atoms with Crippen molar-refractivity contribution in [3.8, 4) is 0 Å². The van der Waals surface area contributed by atoms with Crippen molar-refractivity contribution in [2.45, 2.75) is 57.7 Å². The Bertz CT molecular complexity index is 650. The van der Waals surface area contributed by atoms with Gasteiger partial charge in [-0.3, -0.25) is 0 Å². The van der Waals surface area contributed by atoms with Gasteiger partial charge in [0.05, 0.1) is 11.0 Å². The summed E-state index contributed by atoms with van der Waals surface area (Å²) in [7, 11) is 2.16. The first-order chi connectivity index (χ1) is 9.90. The van der Waals surface area contributed by atoms with Crippen LogP contribution in [0.4, 0.5) is 5.69 Å². The molecule has 21 heavy (non-hydrogen) atoms. The Labute approximate surface area is 131 Å². The maximum absolute atomic E-state index is 4.92. The minimum atomic E-state index is 0.0733. The quantitative estimate of drug-likeness (QED) is 0.770. The summed E-state index contributed by atoms with van der Waals surface area (Å²) < 4.78 is 4.63. The SMILES string of the molecule is CCn1c(C(C)(C)C)nc2cc(N(C)SC3CC3)ccc21. The topological polar surface area (TPSA) is 21.1 Å². The summed E-state index contributed by atoms with van der Waals surface area (Å²) in [6.45, 7) is 9.86. The summed E-state index contributed by atoms with van der Waals surface area (Å²) in [5, 5.41) is 0.823. The van der Waals surface area contributed by atoms with E-state index in [1.807, 2.05) is 11.9 Å². The fourth-order valence-electron chi connectivity index (χ4n) is 2.66. The molecule has 1 aromatic heterocycles. The molecule has 1 aliphatic rings. The van der Waals surface area contributed by atoms with Crippen LogP contribution in [-0.4, -0.2) is 21.8 Å². The van der Waals surface area contributed by atoms with Crippen molar-refractivity contribution in [3.63, 3.8) is 0 Å². The zero-order valence-electron chi connectivity index (χ0n) is 13.7. The number of hydrogen-bond donors (Lipinski definition) is 0. The molecule has 1 saturated carbocycles. The molecule has 1 heterocycles. The molecule has 0 amide bonds. The maximum atomic E-state index is 4.92. The molecular weight excluding hydrogens is 278 g/mol. The van der Waals surface area contributed by atoms with Gasteiger partial charge in [0.2, 0.25) is 0 Å². The van der Waals surface area contributed by atoms with Crippen molar-refractivity contribution in [1.29, 1.82) is 0 Å². The second-order valence-corrected chi connectivity index (χ2v) is 8.33. The van der Waals surface area contributed by atoms with E-state index in [9.17, 15) is 0 Å². The molecule has 0 aliphatic heterocycles. The zero-order valence-corrected chi connectivity index (χ0v) is 14.5. The lowest BCUT2D eigenvalue weighted by molar-refractivity contribution is 0.512. The van der Waals surface area contributed by atoms with Crippen molar-refractivity contribution < 1.29 is 0 Å². The molecular formula is C17H25N3S. The molecule has 4 heteroatoms. The van der Waals surface area contributed by atoms with Crippen molar-refractivity contribution in [3.05, 3.63) is 24.0 Å². The van der Waals surface area contributed by atoms with Crippen LogP contribution in [0.3, 0.4) is 0 Å². The van der Waals surface area contributed by atoms with Crippen LogP contribution in [0.25, 0.3) is 11.0 Å². The molecule has 114 valence electrons. The number of anilines is 1. The van der Waals surface area contributed by atoms with Gasteiger partial charge in [0.1, 0.15) is 5.82 Å². The molecule has 0 unspecified atom stereocenters. The Morgan fingerprint density at radius 1 is 1.33 bits per heavy atom. The van der Waals surface area contributed by atoms with Crippen molar-refractivity contribution in [1.82, 2.24) is 9.55 Å². The third kappa shape index (κ3) is 2.91. The Morgan fingerprint density at radius 2 is 2.05 bits per heavy atom. The van der Waals surface area contributed by atoms with Gasteiger partial charge in [0, 0.05) is 29.9 Å². The molecule has 0 radical (unpaired) electrons. The molecule has 3 rings (SSSR count). The number of fused-ring (bicyclic) bond motifs is 1. The standard InChI is InChI=1S/C17H25N3S/c1-6-20-15-10-7-12(19(5)21-13-8-9-13)11-14(15)18-16(20)17(2,3)4/h7,10-11,13H,6,8-9H2,1-5H3. The average molecular weight is 303 g/mol. The van der Waals surface area contributed by atoms with Gasteiger partial charge in [0.25, 0.3) is 0 Å². The Balaban J connectivity index is 2.01. The van der Waals surface area contributed by atoms with E-state index in [1.165, 1.54) is 29.9 Å². The van der Waals surface area contributed by atoms with E-state index in [4.69, 9.17) is 4.98 Å². The summed E-state index contributed by atoms with van der Waals surface area (Å²) in [6, 6.07) is 6.67. The molecule has 0 atom stereocenters. The number of benzene rings is 1. The predicted octanol–water partition coefficient (Wildman–Crippen LogP) is 4.60. The smallest absolute Gasteiger partial charge is 0.115 e. The van der Waals surface area contributed by atoms with Crippen LogP contribution in [0, 0.1) is 0 Å². The minimum Gasteiger partial charge on any atom is -0.328 e. The lowest BCUT2D eigenvalue weighted by atomic mass is 9.96. The lowest BCUT2D eigenvalue weighted by Gasteiger charge is -2.19. The first-order valence-electron chi connectivity index (χ1n) is 7.81. The van der Waals surface area contributed by atoms with Crippen LogP contribution in [0.2, 0.25) is 0 Å². The molecule has 3 nitrogen and oxygen atoms in total. The predicted molar refractivity (Wildman–Crippen MR) is 93.1 cm³/mol. The third-order valence-electron chi connectivity index (χ3n) is 3.91. The van der Waals surface area contributed by atoms with Gasteiger partial charge >= 0.3 is 0 Å². The zero-order chi connectivity index (χ0) is 15.2. The molecule has 0 spiro atoms. The first kappa shape index (κ1) is 14.8. The largest absolute Gasteiger partial charge is 0.328 e. The van der Waals surface area contributed by atoms with Crippen LogP contribution in [0.1, 0.15) is 46.4 Å². The fraction of sp³-hybridized carbons (Fsp3) is 0.588. The minimum absolute atomic E-state index is 0.0733. The van der Waals surface area contributed by atoms with E-state index >= 15 is 0 Å². The van der Waals surface area contributed by atoms with Gasteiger partial charge in [-0.25, -0.2) is 4.98 Å². The fourth-order valence-corrected chi connectivity index (χ4v) is 3.69. The van der Waals surface area contributed by atoms with Gasteiger partial charge in [0.15, 0.2) is 0 Å². The van der Waals surface area contributed by atoms with Gasteiger partial charge in [-0.05, 0) is 49.9 Å². The van der Waals surface area contributed by atoms with Crippen LogP contribution in [0.15, 0.2) is 18.2 Å². The second kappa shape index (κ2) is 5.24. The molecule has 0 saturated heterocycles. The molecule has 2 aromatic rings. The molecule has 0 N–H and O–H groups in total. The van der Waals surface area contributed by atoms with Crippen LogP contribution in [-0.2, 0) is 12.0 Å². The van der Waals surface area contributed by atoms with E-state index in [2.05, 4.69) is 61.8 Å². The monoisotopic (exact) mass is 303 g/mol. The molecule has 1 aromatic carbocycles. The van der Waals surface area contributed by atoms with E-state index in [0.29, 0.717) is 0 Å². The highest BCUT2D eigenvalue weighted by molar-refractivity contribution is 8.01. The highest BCUT2D eigenvalue weighted by Gasteiger charge is 2.25. The van der Waals surface area contributed by atoms with E-state index in [-0.39, 0.29) is 5.41 Å². The second-order valence-electron chi connectivity index (χ2n) is 6.90. The molecule has 1 fully saturated rings. The average Bonchev–Trinajstić information content (AvgIpc) is 3.14. The first-order valence-corrected chi connectivity index (χ1v) is 8.65. The number of aryl methyl sites for hydroxylation is 1. The summed E-state index contributed by atoms with van der Waals surface area (Å²) in [5.74, 6) is 1.18. The number of aromatic nitrogens is 2. The van der Waals surface area contributed by atoms with Gasteiger partial charge in [-0.1, -0.05) is 20.8 Å². The van der Waals surface area contributed by atoms with Gasteiger partial charge in [-0.2, -0.15) is 0 Å². The number of hydrogen-bond acceptors (Lipinski definition) is 3. The van der Waals surface area contributed by atoms with Crippen LogP contribution in [0.5, 0.6) is 0 Å². The van der Waals surface area contributed by atoms with Crippen molar-refractivity contribution >= 4 is 28.7 Å². The van der Waals surface area contributed by atoms with Gasteiger partial charge in [-0.15, -0.1) is 0 Å². The van der Waals surface area contributed by atoms with Crippen LogP contribution < -0.4 is 4.31 Å². The van der Waals surface area contributed by atoms with Crippen molar-refractivity contribution in [2.75, 3.05) is 11.4 Å². The summed E-state index contributed by atoms with van der Waals surface area (Å²) in [6.07, 6.45) is 2.71. The third-order valence-corrected chi connectivity index (χ3v) is 5.21. The van der Waals surface area contributed by atoms with E-state index < -0.39 is 0 Å². The Kier molecular flexibility index (Phi) is 3.68. The Hall–Kier alpha value is -1.16. The maximum Gasteiger partial charge on any atom is 0.115 e. The van der Waals surface area contributed by atoms with E-state index in [0.717, 1.165) is 17.3 Å². The van der Waals surface area contributed by atoms with Gasteiger partial charge < -0.3 is 8.87 Å².